The van der Waals surface area contributed by atoms with Crippen LogP contribution in [0.4, 0.5) is 0 Å². The molecule has 3 rings (SSSR count). The van der Waals surface area contributed by atoms with Crippen molar-refractivity contribution in [1.82, 2.24) is 4.57 Å². The number of hydrogen-bond acceptors (Lipinski definition) is 3. The maximum atomic E-state index is 12.6. The molecule has 1 aliphatic heterocycles. The zero-order valence-corrected chi connectivity index (χ0v) is 16.4. The van der Waals surface area contributed by atoms with E-state index in [-0.39, 0.29) is 50.1 Å². The quantitative estimate of drug-likeness (QED) is 0.815. The van der Waals surface area contributed by atoms with E-state index in [1.54, 1.807) is 4.57 Å². The molecule has 2 aromatic rings. The average molecular weight is 388 g/mol. The van der Waals surface area contributed by atoms with E-state index in [4.69, 9.17) is 0 Å². The van der Waals surface area contributed by atoms with Crippen LogP contribution in [-0.4, -0.2) is 21.4 Å². The smallest absolute Gasteiger partial charge is 0.341 e. The molecule has 1 unspecified atom stereocenters. The van der Waals surface area contributed by atoms with E-state index in [0.717, 1.165) is 16.7 Å². The second-order valence-electron chi connectivity index (χ2n) is 6.03. The standard InChI is InChI=1S/C17H17NO4.Y/c1-7-5-12(19)13-9(3)8(2)10(4)14-15(13)18(7)6-11(16(14)20)17(21)22;/h6-7H,5H2,1-4H3,(H,21,22);. The van der Waals surface area contributed by atoms with Crippen LogP contribution in [0.15, 0.2) is 11.0 Å². The average Bonchev–Trinajstić information content (AvgIpc) is 2.43. The Morgan fingerprint density at radius 1 is 1.17 bits per heavy atom. The summed E-state index contributed by atoms with van der Waals surface area (Å²) in [5.41, 5.74) is 2.88. The van der Waals surface area contributed by atoms with Crippen molar-refractivity contribution in [2.24, 2.45) is 0 Å². The molecule has 1 N–H and O–H groups in total. The summed E-state index contributed by atoms with van der Waals surface area (Å²) in [6.07, 6.45) is 1.69. The first-order valence-corrected chi connectivity index (χ1v) is 7.20. The van der Waals surface area contributed by atoms with Gasteiger partial charge in [0, 0.05) is 56.9 Å². The third-order valence-corrected chi connectivity index (χ3v) is 4.81. The normalized spacial score (nSPS) is 16.3. The Morgan fingerprint density at radius 3 is 2.35 bits per heavy atom. The van der Waals surface area contributed by atoms with Gasteiger partial charge in [0.25, 0.3) is 0 Å². The van der Waals surface area contributed by atoms with Gasteiger partial charge in [0.05, 0.1) is 10.9 Å². The Kier molecular flexibility index (Phi) is 4.66. The molecule has 0 bridgehead atoms. The van der Waals surface area contributed by atoms with Crippen molar-refractivity contribution >= 4 is 22.7 Å². The van der Waals surface area contributed by atoms with Gasteiger partial charge in [0.1, 0.15) is 5.56 Å². The van der Waals surface area contributed by atoms with Gasteiger partial charge < -0.3 is 9.67 Å². The van der Waals surface area contributed by atoms with Gasteiger partial charge >= 0.3 is 5.97 Å². The molecule has 0 spiro atoms. The summed E-state index contributed by atoms with van der Waals surface area (Å²) in [5, 5.41) is 9.66. The largest absolute Gasteiger partial charge is 0.477 e. The molecule has 0 saturated carbocycles. The molecule has 1 radical (unpaired) electrons. The number of Topliss-reactive ketones (excluding diaryl/α,β-unsaturated/α-hetero) is 1. The summed E-state index contributed by atoms with van der Waals surface area (Å²) >= 11 is 0. The van der Waals surface area contributed by atoms with Gasteiger partial charge in [0.15, 0.2) is 5.78 Å². The van der Waals surface area contributed by atoms with E-state index in [0.29, 0.717) is 22.9 Å². The molecule has 2 heterocycles. The van der Waals surface area contributed by atoms with Gasteiger partial charge in [0.2, 0.25) is 5.43 Å². The Morgan fingerprint density at radius 2 is 1.78 bits per heavy atom. The van der Waals surface area contributed by atoms with E-state index in [1.165, 1.54) is 6.20 Å². The number of aromatic nitrogens is 1. The topological polar surface area (TPSA) is 76.4 Å². The van der Waals surface area contributed by atoms with Crippen LogP contribution in [0, 0.1) is 20.8 Å². The Balaban J connectivity index is 0.00000192. The Labute approximate surface area is 158 Å². The van der Waals surface area contributed by atoms with Crippen molar-refractivity contribution in [3.05, 3.63) is 44.2 Å². The van der Waals surface area contributed by atoms with Crippen LogP contribution >= 0.6 is 0 Å². The van der Waals surface area contributed by atoms with Crippen LogP contribution in [0.3, 0.4) is 0 Å². The fraction of sp³-hybridized carbons (Fsp3) is 0.353. The number of rotatable bonds is 1. The molecule has 0 fully saturated rings. The number of ketones is 1. The van der Waals surface area contributed by atoms with Crippen LogP contribution in [-0.2, 0) is 32.7 Å². The maximum absolute atomic E-state index is 12.6. The molecule has 1 aromatic carbocycles. The molecule has 6 heteroatoms. The van der Waals surface area contributed by atoms with Crippen LogP contribution in [0.25, 0.3) is 10.9 Å². The van der Waals surface area contributed by atoms with Crippen molar-refractivity contribution in [2.45, 2.75) is 40.2 Å². The molecule has 117 valence electrons. The zero-order chi connectivity index (χ0) is 16.3. The maximum Gasteiger partial charge on any atom is 0.341 e. The molecule has 1 aromatic heterocycles. The summed E-state index contributed by atoms with van der Waals surface area (Å²) in [5.74, 6) is -1.22. The van der Waals surface area contributed by atoms with Gasteiger partial charge in [-0.2, -0.15) is 0 Å². The molecule has 1 aliphatic rings. The van der Waals surface area contributed by atoms with Crippen LogP contribution in [0.5, 0.6) is 0 Å². The molecule has 5 nitrogen and oxygen atoms in total. The number of benzene rings is 1. The van der Waals surface area contributed by atoms with Gasteiger partial charge in [-0.25, -0.2) is 4.79 Å². The number of carboxylic acid groups (broad SMARTS) is 1. The minimum Gasteiger partial charge on any atom is -0.477 e. The van der Waals surface area contributed by atoms with Crippen LogP contribution < -0.4 is 5.43 Å². The van der Waals surface area contributed by atoms with Crippen molar-refractivity contribution in [2.75, 3.05) is 0 Å². The molecule has 23 heavy (non-hydrogen) atoms. The van der Waals surface area contributed by atoms with E-state index < -0.39 is 11.4 Å². The number of carbonyl (C=O) groups excluding carboxylic acids is 1. The molecule has 0 saturated heterocycles. The number of aryl methyl sites for hydroxylation is 1. The SMILES string of the molecule is Cc1c(C)c2c3c(c1C)c(=O)c(C(=O)O)cn3C(C)CC2=O.[Y]. The fourth-order valence-corrected chi connectivity index (χ4v) is 3.38. The number of aromatic carboxylic acids is 1. The first-order chi connectivity index (χ1) is 10.3. The predicted molar refractivity (Wildman–Crippen MR) is 83.0 cm³/mol. The third-order valence-electron chi connectivity index (χ3n) is 4.81. The molecule has 0 amide bonds. The summed E-state index contributed by atoms with van der Waals surface area (Å²) in [7, 11) is 0. The zero-order valence-electron chi connectivity index (χ0n) is 13.6. The van der Waals surface area contributed by atoms with Crippen molar-refractivity contribution in [1.29, 1.82) is 0 Å². The molecule has 0 aliphatic carbocycles. The van der Waals surface area contributed by atoms with E-state index in [2.05, 4.69) is 0 Å². The van der Waals surface area contributed by atoms with Gasteiger partial charge in [-0.1, -0.05) is 0 Å². The third kappa shape index (κ3) is 2.41. The van der Waals surface area contributed by atoms with Gasteiger partial charge in [-0.15, -0.1) is 0 Å². The van der Waals surface area contributed by atoms with E-state index >= 15 is 0 Å². The van der Waals surface area contributed by atoms with E-state index in [1.807, 2.05) is 27.7 Å². The summed E-state index contributed by atoms with van der Waals surface area (Å²) in [4.78, 5) is 36.5. The van der Waals surface area contributed by atoms with Gasteiger partial charge in [-0.05, 0) is 44.4 Å². The number of carboxylic acids is 1. The minimum atomic E-state index is -1.24. The second kappa shape index (κ2) is 5.95. The second-order valence-corrected chi connectivity index (χ2v) is 6.03. The first kappa shape index (κ1) is 18.0. The summed E-state index contributed by atoms with van der Waals surface area (Å²) < 4.78 is 1.77. The Hall–Kier alpha value is -1.33. The fourth-order valence-electron chi connectivity index (χ4n) is 3.38. The van der Waals surface area contributed by atoms with E-state index in [9.17, 15) is 19.5 Å². The first-order valence-electron chi connectivity index (χ1n) is 7.20. The number of nitrogens with zero attached hydrogens (tertiary/aromatic N) is 1. The van der Waals surface area contributed by atoms with Crippen molar-refractivity contribution < 1.29 is 47.4 Å². The number of hydrogen-bond donors (Lipinski definition) is 1. The van der Waals surface area contributed by atoms with Crippen LogP contribution in [0.2, 0.25) is 0 Å². The monoisotopic (exact) mass is 388 g/mol. The number of carbonyl (C=O) groups is 2. The molecular formula is C17H17NO4Y. The molecular weight excluding hydrogens is 371 g/mol. The number of pyridine rings is 1. The summed E-state index contributed by atoms with van der Waals surface area (Å²) in [6.45, 7) is 7.41. The molecule has 1 atom stereocenters. The summed E-state index contributed by atoms with van der Waals surface area (Å²) in [6, 6.07) is -0.164. The Bertz CT molecular complexity index is 927. The van der Waals surface area contributed by atoms with Crippen LogP contribution in [0.1, 0.15) is 56.8 Å². The minimum absolute atomic E-state index is 0. The predicted octanol–water partition coefficient (Wildman–Crippen LogP) is 2.77. The van der Waals surface area contributed by atoms with Crippen molar-refractivity contribution in [3.8, 4) is 0 Å². The van der Waals surface area contributed by atoms with Crippen molar-refractivity contribution in [3.63, 3.8) is 0 Å². The van der Waals surface area contributed by atoms with Gasteiger partial charge in [-0.3, -0.25) is 9.59 Å².